The van der Waals surface area contributed by atoms with E-state index in [1.54, 1.807) is 6.92 Å². The second kappa shape index (κ2) is 32.0. The maximum Gasteiger partial charge on any atom is 0.335 e. The minimum Gasteiger partial charge on any atom is -0.478 e. The van der Waals surface area contributed by atoms with Gasteiger partial charge in [0.1, 0.15) is 5.82 Å². The number of carbonyl (C=O) groups is 1. The van der Waals surface area contributed by atoms with E-state index in [1.165, 1.54) is 57.1 Å². The number of carboxylic acid groups (broad SMARTS) is 1. The second-order valence-electron chi connectivity index (χ2n) is 7.39. The highest BCUT2D eigenvalue weighted by atomic mass is 19.1. The first-order valence-electron chi connectivity index (χ1n) is 12.6. The molecule has 2 nitrogen and oxygen atoms in total. The zero-order valence-corrected chi connectivity index (χ0v) is 23.0. The lowest BCUT2D eigenvalue weighted by Crippen LogP contribution is -1.97. The fourth-order valence-electron chi connectivity index (χ4n) is 2.08. The summed E-state index contributed by atoms with van der Waals surface area (Å²) in [7, 11) is 0. The van der Waals surface area contributed by atoms with Crippen molar-refractivity contribution in [3.63, 3.8) is 0 Å². The Morgan fingerprint density at radius 1 is 0.970 bits per heavy atom. The summed E-state index contributed by atoms with van der Waals surface area (Å²) in [4.78, 5) is 10.3. The molecule has 0 atom stereocenters. The predicted molar refractivity (Wildman–Crippen MR) is 148 cm³/mol. The van der Waals surface area contributed by atoms with Gasteiger partial charge in [0.25, 0.3) is 0 Å². The monoisotopic (exact) mass is 464 g/mol. The lowest BCUT2D eigenvalue weighted by Gasteiger charge is -1.96. The van der Waals surface area contributed by atoms with E-state index in [4.69, 9.17) is 5.11 Å². The normalized spacial score (nSPS) is 9.00. The van der Waals surface area contributed by atoms with Crippen LogP contribution in [0.25, 0.3) is 0 Å². The lowest BCUT2D eigenvalue weighted by atomic mass is 10.1. The Morgan fingerprint density at radius 2 is 1.42 bits per heavy atom. The maximum absolute atomic E-state index is 12.7. The molecule has 192 valence electrons. The average molecular weight is 465 g/mol. The Balaban J connectivity index is -0.000000174. The van der Waals surface area contributed by atoms with Crippen molar-refractivity contribution in [2.75, 3.05) is 0 Å². The maximum atomic E-state index is 12.7. The van der Waals surface area contributed by atoms with E-state index in [0.717, 1.165) is 24.5 Å². The molecule has 0 radical (unpaired) electrons. The van der Waals surface area contributed by atoms with Gasteiger partial charge >= 0.3 is 5.97 Å². The topological polar surface area (TPSA) is 37.3 Å². The molecule has 0 bridgehead atoms. The van der Waals surface area contributed by atoms with Gasteiger partial charge in [-0.3, -0.25) is 0 Å². The van der Waals surface area contributed by atoms with Crippen LogP contribution in [0.15, 0.2) is 55.2 Å². The van der Waals surface area contributed by atoms with Gasteiger partial charge in [0.05, 0.1) is 5.56 Å². The molecule has 0 aliphatic carbocycles. The first-order valence-corrected chi connectivity index (χ1v) is 12.6. The molecule has 0 saturated heterocycles. The van der Waals surface area contributed by atoms with Gasteiger partial charge in [0, 0.05) is 0 Å². The SMILES string of the molecule is C=C(C)/C=C\CC.C=CCC.CC.CCCCCCCCC.Cc1ccc(C(=O)O)cc1F. The summed E-state index contributed by atoms with van der Waals surface area (Å²) in [6, 6.07) is 3.83. The Kier molecular flexibility index (Phi) is 37.0. The molecule has 33 heavy (non-hydrogen) atoms. The summed E-state index contributed by atoms with van der Waals surface area (Å²) in [5.41, 5.74) is 1.56. The van der Waals surface area contributed by atoms with Gasteiger partial charge in [-0.1, -0.05) is 123 Å². The second-order valence-corrected chi connectivity index (χ2v) is 7.39. The zero-order chi connectivity index (χ0) is 26.5. The molecule has 0 heterocycles. The third-order valence-electron chi connectivity index (χ3n) is 4.05. The quantitative estimate of drug-likeness (QED) is 0.212. The van der Waals surface area contributed by atoms with Crippen LogP contribution in [0, 0.1) is 12.7 Å². The van der Waals surface area contributed by atoms with E-state index >= 15 is 0 Å². The number of carboxylic acids is 1. The molecule has 0 aromatic heterocycles. The fraction of sp³-hybridized carbons (Fsp3) is 0.567. The first kappa shape index (κ1) is 38.1. The van der Waals surface area contributed by atoms with E-state index in [2.05, 4.69) is 46.9 Å². The van der Waals surface area contributed by atoms with Crippen LogP contribution in [0.1, 0.15) is 122 Å². The number of rotatable bonds is 10. The van der Waals surface area contributed by atoms with Gasteiger partial charge in [-0.15, -0.1) is 6.58 Å². The van der Waals surface area contributed by atoms with Crippen molar-refractivity contribution in [2.24, 2.45) is 0 Å². The highest BCUT2D eigenvalue weighted by Crippen LogP contribution is 2.08. The number of hydrogen-bond acceptors (Lipinski definition) is 1. The van der Waals surface area contributed by atoms with E-state index in [-0.39, 0.29) is 5.56 Å². The van der Waals surface area contributed by atoms with E-state index < -0.39 is 11.8 Å². The van der Waals surface area contributed by atoms with Crippen LogP contribution in [-0.2, 0) is 0 Å². The Hall–Kier alpha value is -2.16. The summed E-state index contributed by atoms with van der Waals surface area (Å²) in [5, 5.41) is 8.43. The van der Waals surface area contributed by atoms with Crippen molar-refractivity contribution >= 4 is 5.97 Å². The number of hydrogen-bond donors (Lipinski definition) is 1. The minimum absolute atomic E-state index is 0.0203. The summed E-state index contributed by atoms with van der Waals surface area (Å²) in [5.74, 6) is -1.59. The molecule has 1 aromatic carbocycles. The number of aromatic carboxylic acids is 1. The predicted octanol–water partition coefficient (Wildman–Crippen LogP) is 10.7. The molecule has 1 N–H and O–H groups in total. The van der Waals surface area contributed by atoms with Gasteiger partial charge in [-0.25, -0.2) is 9.18 Å². The highest BCUT2D eigenvalue weighted by Gasteiger charge is 2.04. The minimum atomic E-state index is -1.11. The van der Waals surface area contributed by atoms with Crippen LogP contribution in [0.4, 0.5) is 4.39 Å². The standard InChI is InChI=1S/C9H20.C8H7FO2.C7H12.C4H8.C2H6/c1-3-5-7-9-8-6-4-2;1-5-2-3-6(8(10)11)4-7(5)9;1-4-5-6-7(2)3;1-3-4-2;1-2/h3-9H2,1-2H3;2-4H,1H3,(H,10,11);5-6H,2,4H2,1,3H3;3H,1,4H2,2H3;1-2H3/b;;6-5-;;. The largest absolute Gasteiger partial charge is 0.478 e. The molecule has 1 aromatic rings. The van der Waals surface area contributed by atoms with Crippen molar-refractivity contribution < 1.29 is 14.3 Å². The van der Waals surface area contributed by atoms with Crippen LogP contribution in [0.2, 0.25) is 0 Å². The highest BCUT2D eigenvalue weighted by molar-refractivity contribution is 5.87. The first-order chi connectivity index (χ1) is 15.7. The van der Waals surface area contributed by atoms with Crippen LogP contribution in [-0.4, -0.2) is 11.1 Å². The van der Waals surface area contributed by atoms with Crippen LogP contribution < -0.4 is 0 Å². The van der Waals surface area contributed by atoms with Gasteiger partial charge in [-0.05, 0) is 44.4 Å². The van der Waals surface area contributed by atoms with Crippen LogP contribution in [0.3, 0.4) is 0 Å². The number of benzene rings is 1. The Labute approximate surface area is 205 Å². The number of halogens is 1. The van der Waals surface area contributed by atoms with Crippen molar-refractivity contribution in [2.45, 2.75) is 113 Å². The molecule has 0 amide bonds. The van der Waals surface area contributed by atoms with E-state index in [0.29, 0.717) is 5.56 Å². The summed E-state index contributed by atoms with van der Waals surface area (Å²) >= 11 is 0. The number of aryl methyl sites for hydroxylation is 1. The molecule has 0 aliphatic rings. The van der Waals surface area contributed by atoms with Gasteiger partial charge < -0.3 is 5.11 Å². The molecule has 1 rings (SSSR count). The van der Waals surface area contributed by atoms with Gasteiger partial charge in [-0.2, -0.15) is 0 Å². The van der Waals surface area contributed by atoms with Crippen LogP contribution >= 0.6 is 0 Å². The molecular weight excluding hydrogens is 411 g/mol. The molecule has 3 heteroatoms. The molecule has 0 spiro atoms. The van der Waals surface area contributed by atoms with Gasteiger partial charge in [0.2, 0.25) is 0 Å². The third kappa shape index (κ3) is 34.6. The zero-order valence-electron chi connectivity index (χ0n) is 23.0. The average Bonchev–Trinajstić information content (AvgIpc) is 2.81. The van der Waals surface area contributed by atoms with E-state index in [1.807, 2.05) is 32.9 Å². The molecule has 0 unspecified atom stereocenters. The molecular formula is C30H53FO2. The van der Waals surface area contributed by atoms with Crippen molar-refractivity contribution in [1.82, 2.24) is 0 Å². The Morgan fingerprint density at radius 3 is 1.70 bits per heavy atom. The van der Waals surface area contributed by atoms with Crippen molar-refractivity contribution in [3.05, 3.63) is 72.1 Å². The molecule has 0 fully saturated rings. The molecule has 0 aliphatic heterocycles. The number of allylic oxidation sites excluding steroid dienone is 4. The molecule has 0 saturated carbocycles. The van der Waals surface area contributed by atoms with Crippen LogP contribution in [0.5, 0.6) is 0 Å². The Bertz CT molecular complexity index is 597. The summed E-state index contributed by atoms with van der Waals surface area (Å²) in [6.07, 6.45) is 18.2. The summed E-state index contributed by atoms with van der Waals surface area (Å²) < 4.78 is 12.7. The summed E-state index contributed by atoms with van der Waals surface area (Å²) in [6.45, 7) is 23.5. The van der Waals surface area contributed by atoms with Gasteiger partial charge in [0.15, 0.2) is 0 Å². The number of unbranched alkanes of at least 4 members (excludes halogenated alkanes) is 6. The smallest absolute Gasteiger partial charge is 0.335 e. The third-order valence-corrected chi connectivity index (χ3v) is 4.05. The van der Waals surface area contributed by atoms with Crippen molar-refractivity contribution in [3.8, 4) is 0 Å². The lowest BCUT2D eigenvalue weighted by molar-refractivity contribution is 0.0696. The fourth-order valence-corrected chi connectivity index (χ4v) is 2.08. The van der Waals surface area contributed by atoms with E-state index in [9.17, 15) is 9.18 Å². The van der Waals surface area contributed by atoms with Crippen molar-refractivity contribution in [1.29, 1.82) is 0 Å².